The normalized spacial score (nSPS) is 30.5. The van der Waals surface area contributed by atoms with Crippen LogP contribution in [0.3, 0.4) is 0 Å². The van der Waals surface area contributed by atoms with Gasteiger partial charge in [-0.2, -0.15) is 26.3 Å². The Kier molecular flexibility index (Phi) is 6.75. The molecule has 1 saturated heterocycles. The highest BCUT2D eigenvalue weighted by molar-refractivity contribution is 7.92. The summed E-state index contributed by atoms with van der Waals surface area (Å²) in [6.45, 7) is 1.51. The summed E-state index contributed by atoms with van der Waals surface area (Å²) in [7, 11) is -4.60. The first kappa shape index (κ1) is 31.1. The first-order valence-electron chi connectivity index (χ1n) is 14.2. The van der Waals surface area contributed by atoms with Crippen molar-refractivity contribution in [3.8, 4) is 5.75 Å². The van der Waals surface area contributed by atoms with Crippen LogP contribution in [0.5, 0.6) is 5.75 Å². The Balaban J connectivity index is 1.49. The molecule has 2 bridgehead atoms. The van der Waals surface area contributed by atoms with Crippen molar-refractivity contribution in [1.29, 1.82) is 0 Å². The van der Waals surface area contributed by atoms with Crippen LogP contribution in [0, 0.1) is 16.6 Å². The zero-order valence-electron chi connectivity index (χ0n) is 23.5. The van der Waals surface area contributed by atoms with Gasteiger partial charge in [0.1, 0.15) is 22.9 Å². The van der Waals surface area contributed by atoms with Gasteiger partial charge in [-0.1, -0.05) is 19.1 Å². The van der Waals surface area contributed by atoms with Crippen LogP contribution in [-0.4, -0.2) is 50.8 Å². The molecular weight excluding hydrogens is 622 g/mol. The largest absolute Gasteiger partial charge is 0.491 e. The molecule has 0 N–H and O–H groups in total. The van der Waals surface area contributed by atoms with E-state index < -0.39 is 67.8 Å². The maximum Gasteiger partial charge on any atom is 0.435 e. The van der Waals surface area contributed by atoms with Gasteiger partial charge in [0.25, 0.3) is 0 Å². The monoisotopic (exact) mass is 651 g/mol. The van der Waals surface area contributed by atoms with Crippen molar-refractivity contribution in [3.05, 3.63) is 59.4 Å². The Morgan fingerprint density at radius 1 is 0.864 bits per heavy atom. The molecule has 1 amide bonds. The summed E-state index contributed by atoms with van der Waals surface area (Å²) in [5.41, 5.74) is -8.45. The van der Waals surface area contributed by atoms with Gasteiger partial charge in [0.15, 0.2) is 9.84 Å². The van der Waals surface area contributed by atoms with Crippen LogP contribution in [0.2, 0.25) is 0 Å². The van der Waals surface area contributed by atoms with E-state index >= 15 is 0 Å². The van der Waals surface area contributed by atoms with E-state index in [1.54, 1.807) is 0 Å². The highest BCUT2D eigenvalue weighted by Crippen LogP contribution is 2.60. The van der Waals surface area contributed by atoms with E-state index in [9.17, 15) is 48.3 Å². The Labute approximate surface area is 248 Å². The van der Waals surface area contributed by atoms with Gasteiger partial charge in [-0.3, -0.25) is 4.79 Å². The lowest BCUT2D eigenvalue weighted by Gasteiger charge is -2.53. The van der Waals surface area contributed by atoms with E-state index in [0.717, 1.165) is 43.5 Å². The molecule has 0 spiro atoms. The molecule has 0 radical (unpaired) electrons. The fourth-order valence-electron chi connectivity index (χ4n) is 7.79. The van der Waals surface area contributed by atoms with E-state index in [1.165, 1.54) is 4.90 Å². The Hall–Kier alpha value is -2.90. The van der Waals surface area contributed by atoms with Crippen molar-refractivity contribution in [3.63, 3.8) is 0 Å². The summed E-state index contributed by atoms with van der Waals surface area (Å²) in [6.07, 6.45) is -8.75. The minimum atomic E-state index is -6.39. The molecule has 5 nitrogen and oxygen atoms in total. The highest BCUT2D eigenvalue weighted by Gasteiger charge is 2.74. The quantitative estimate of drug-likeness (QED) is 0.261. The molecule has 3 aliphatic carbocycles. The van der Waals surface area contributed by atoms with E-state index in [2.05, 4.69) is 6.92 Å². The molecule has 2 heterocycles. The molecule has 14 heteroatoms. The number of fused-ring (bicyclic) bond motifs is 6. The van der Waals surface area contributed by atoms with Gasteiger partial charge in [-0.05, 0) is 80.7 Å². The summed E-state index contributed by atoms with van der Waals surface area (Å²) in [5, 5.41) is 0. The third-order valence-corrected chi connectivity index (χ3v) is 13.1. The number of rotatable bonds is 4. The molecule has 2 aromatic rings. The number of benzene rings is 2. The highest BCUT2D eigenvalue weighted by atomic mass is 32.2. The zero-order chi connectivity index (χ0) is 32.1. The maximum absolute atomic E-state index is 15.0. The van der Waals surface area contributed by atoms with Gasteiger partial charge >= 0.3 is 18.0 Å². The maximum atomic E-state index is 15.0. The molecular formula is C30H29F8NO4S. The summed E-state index contributed by atoms with van der Waals surface area (Å²) in [4.78, 5) is 15.3. The minimum absolute atomic E-state index is 0.0777. The lowest BCUT2D eigenvalue weighted by atomic mass is 9.54. The van der Waals surface area contributed by atoms with Crippen LogP contribution in [0.25, 0.3) is 0 Å². The topological polar surface area (TPSA) is 63.7 Å². The average Bonchev–Trinajstić information content (AvgIpc) is 3.37. The number of likely N-dealkylation sites (tertiary alicyclic amines) is 1. The SMILES string of the molecule is CC12CCC(C(=O)N3CCC4(S(=O)(=O)c5ccc(F)cc5)c5ccc(C(F)(C(F)(F)F)C(F)(F)F)cc5OCC34)(CC1)CC2. The van der Waals surface area contributed by atoms with Gasteiger partial charge in [-0.15, -0.1) is 0 Å². The van der Waals surface area contributed by atoms with Crippen LogP contribution in [-0.2, 0) is 25.0 Å². The molecule has 3 saturated carbocycles. The number of carbonyl (C=O) groups excluding carboxylic acids is 1. The molecule has 7 rings (SSSR count). The number of hydrogen-bond acceptors (Lipinski definition) is 4. The molecule has 2 aliphatic heterocycles. The Morgan fingerprint density at radius 3 is 1.98 bits per heavy atom. The summed E-state index contributed by atoms with van der Waals surface area (Å²) >= 11 is 0. The third-order valence-electron chi connectivity index (χ3n) is 10.6. The molecule has 0 aromatic heterocycles. The van der Waals surface area contributed by atoms with Crippen molar-refractivity contribution in [1.82, 2.24) is 4.90 Å². The van der Waals surface area contributed by atoms with Crippen molar-refractivity contribution < 1.29 is 53.1 Å². The fourth-order valence-corrected chi connectivity index (χ4v) is 10.1. The number of hydrogen-bond donors (Lipinski definition) is 0. The van der Waals surface area contributed by atoms with Crippen molar-refractivity contribution in [2.45, 2.75) is 85.6 Å². The first-order valence-corrected chi connectivity index (χ1v) is 15.7. The Bertz CT molecular complexity index is 1570. The van der Waals surface area contributed by atoms with Crippen LogP contribution >= 0.6 is 0 Å². The van der Waals surface area contributed by atoms with Crippen molar-refractivity contribution >= 4 is 15.7 Å². The number of amides is 1. The second kappa shape index (κ2) is 9.56. The van der Waals surface area contributed by atoms with E-state index in [0.29, 0.717) is 25.3 Å². The van der Waals surface area contributed by atoms with Crippen molar-refractivity contribution in [2.24, 2.45) is 10.8 Å². The molecule has 240 valence electrons. The second-order valence-electron chi connectivity index (χ2n) is 12.9. The molecule has 2 atom stereocenters. The molecule has 5 aliphatic rings. The number of ether oxygens (including phenoxy) is 1. The van der Waals surface area contributed by atoms with Crippen LogP contribution < -0.4 is 4.74 Å². The minimum Gasteiger partial charge on any atom is -0.491 e. The van der Waals surface area contributed by atoms with E-state index in [4.69, 9.17) is 4.74 Å². The first-order chi connectivity index (χ1) is 20.3. The molecule has 2 unspecified atom stereocenters. The smallest absolute Gasteiger partial charge is 0.435 e. The predicted octanol–water partition coefficient (Wildman–Crippen LogP) is 7.14. The van der Waals surface area contributed by atoms with Crippen LogP contribution in [0.1, 0.15) is 63.0 Å². The van der Waals surface area contributed by atoms with Gasteiger partial charge in [0.2, 0.25) is 5.91 Å². The second-order valence-corrected chi connectivity index (χ2v) is 15.1. The molecule has 44 heavy (non-hydrogen) atoms. The predicted molar refractivity (Wildman–Crippen MR) is 140 cm³/mol. The van der Waals surface area contributed by atoms with E-state index in [-0.39, 0.29) is 46.9 Å². The lowest BCUT2D eigenvalue weighted by Crippen LogP contribution is -2.58. The van der Waals surface area contributed by atoms with E-state index in [1.807, 2.05) is 0 Å². The average molecular weight is 652 g/mol. The van der Waals surface area contributed by atoms with Gasteiger partial charge < -0.3 is 9.64 Å². The number of nitrogens with zero attached hydrogens (tertiary/aromatic N) is 1. The number of halogens is 8. The number of sulfone groups is 1. The molecule has 2 aromatic carbocycles. The third kappa shape index (κ3) is 4.14. The summed E-state index contributed by atoms with van der Waals surface area (Å²) < 4.78 is 143. The zero-order valence-corrected chi connectivity index (χ0v) is 24.3. The summed E-state index contributed by atoms with van der Waals surface area (Å²) in [6, 6.07) is 3.84. The van der Waals surface area contributed by atoms with Gasteiger partial charge in [-0.25, -0.2) is 17.2 Å². The molecule has 4 fully saturated rings. The number of carbonyl (C=O) groups is 1. The Morgan fingerprint density at radius 2 is 1.43 bits per heavy atom. The van der Waals surface area contributed by atoms with Crippen LogP contribution in [0.4, 0.5) is 35.1 Å². The fraction of sp³-hybridized carbons (Fsp3) is 0.567. The van der Waals surface area contributed by atoms with Gasteiger partial charge in [0, 0.05) is 23.1 Å². The van der Waals surface area contributed by atoms with Crippen molar-refractivity contribution in [2.75, 3.05) is 13.2 Å². The van der Waals surface area contributed by atoms with Crippen LogP contribution in [0.15, 0.2) is 47.4 Å². The number of alkyl halides is 7. The summed E-state index contributed by atoms with van der Waals surface area (Å²) in [5.74, 6) is -1.67. The lowest BCUT2D eigenvalue weighted by molar-refractivity contribution is -0.348. The standard InChI is InChI=1S/C30H29F8NO4S/c1-25-8-11-26(12-9-25,13-10-25)24(40)39-15-14-27(44(41,42)20-5-3-19(31)4-6-20)21-7-2-18(16-22(21)43-17-23(27)39)28(32,29(33,34)35)30(36,37)38/h2-7,16,23H,8-15,17H2,1H3. The van der Waals surface area contributed by atoms with Gasteiger partial charge in [0.05, 0.1) is 10.9 Å².